The Balaban J connectivity index is 2.16. The molecule has 19 heavy (non-hydrogen) atoms. The van der Waals surface area contributed by atoms with Gasteiger partial charge in [0.05, 0.1) is 6.61 Å². The molecule has 3 aromatic rings. The number of H-pyrrole nitrogens is 1. The SMILES string of the molecule is Cn1nnnc1-c1cc(NCCO)nc2[nH]ccc12. The minimum atomic E-state index is 0.0469. The highest BCUT2D eigenvalue weighted by Gasteiger charge is 2.13. The smallest absolute Gasteiger partial charge is 0.182 e. The lowest BCUT2D eigenvalue weighted by Crippen LogP contribution is -2.07. The first-order valence-electron chi connectivity index (χ1n) is 5.85. The van der Waals surface area contributed by atoms with E-state index in [2.05, 4.69) is 30.8 Å². The molecule has 3 rings (SSSR count). The third-order valence-electron chi connectivity index (χ3n) is 2.81. The van der Waals surface area contributed by atoms with E-state index in [0.29, 0.717) is 18.2 Å². The molecule has 0 fully saturated rings. The van der Waals surface area contributed by atoms with E-state index in [4.69, 9.17) is 5.11 Å². The van der Waals surface area contributed by atoms with Crippen molar-refractivity contribution in [3.63, 3.8) is 0 Å². The van der Waals surface area contributed by atoms with Crippen LogP contribution in [0.1, 0.15) is 0 Å². The summed E-state index contributed by atoms with van der Waals surface area (Å²) < 4.78 is 1.61. The minimum absolute atomic E-state index is 0.0469. The van der Waals surface area contributed by atoms with Crippen LogP contribution in [0.15, 0.2) is 18.3 Å². The highest BCUT2D eigenvalue weighted by molar-refractivity contribution is 5.92. The molecule has 0 amide bonds. The zero-order chi connectivity index (χ0) is 13.2. The maximum absolute atomic E-state index is 8.86. The van der Waals surface area contributed by atoms with Gasteiger partial charge in [-0.05, 0) is 22.6 Å². The van der Waals surface area contributed by atoms with Crippen molar-refractivity contribution in [3.05, 3.63) is 18.3 Å². The quantitative estimate of drug-likeness (QED) is 0.616. The van der Waals surface area contributed by atoms with Gasteiger partial charge in [0, 0.05) is 30.7 Å². The average Bonchev–Trinajstić information content (AvgIpc) is 3.03. The molecule has 8 nitrogen and oxygen atoms in total. The van der Waals surface area contributed by atoms with Crippen LogP contribution in [0.3, 0.4) is 0 Å². The van der Waals surface area contributed by atoms with Crippen LogP contribution in [0.5, 0.6) is 0 Å². The highest BCUT2D eigenvalue weighted by Crippen LogP contribution is 2.27. The molecule has 0 radical (unpaired) electrons. The molecule has 0 saturated heterocycles. The second-order valence-electron chi connectivity index (χ2n) is 4.07. The molecule has 3 heterocycles. The molecule has 0 aliphatic rings. The predicted molar refractivity (Wildman–Crippen MR) is 69.5 cm³/mol. The number of anilines is 1. The Morgan fingerprint density at radius 3 is 3.11 bits per heavy atom. The maximum Gasteiger partial charge on any atom is 0.182 e. The summed E-state index contributed by atoms with van der Waals surface area (Å²) >= 11 is 0. The molecule has 0 bridgehead atoms. The van der Waals surface area contributed by atoms with E-state index < -0.39 is 0 Å². The Hall–Kier alpha value is -2.48. The number of nitrogens with one attached hydrogen (secondary N) is 2. The summed E-state index contributed by atoms with van der Waals surface area (Å²) in [6.45, 7) is 0.487. The zero-order valence-electron chi connectivity index (χ0n) is 10.3. The number of nitrogens with zero attached hydrogens (tertiary/aromatic N) is 5. The first-order valence-corrected chi connectivity index (χ1v) is 5.85. The van der Waals surface area contributed by atoms with E-state index >= 15 is 0 Å². The lowest BCUT2D eigenvalue weighted by molar-refractivity contribution is 0.311. The summed E-state index contributed by atoms with van der Waals surface area (Å²) in [6, 6.07) is 3.81. The fourth-order valence-corrected chi connectivity index (χ4v) is 1.95. The number of aliphatic hydroxyl groups excluding tert-OH is 1. The highest BCUT2D eigenvalue weighted by atomic mass is 16.3. The second-order valence-corrected chi connectivity index (χ2v) is 4.07. The molecule has 3 N–H and O–H groups in total. The molecular formula is C11H13N7O. The number of hydrogen-bond donors (Lipinski definition) is 3. The molecule has 0 saturated carbocycles. The van der Waals surface area contributed by atoms with E-state index in [1.54, 1.807) is 11.7 Å². The van der Waals surface area contributed by atoms with Gasteiger partial charge in [-0.15, -0.1) is 5.10 Å². The summed E-state index contributed by atoms with van der Waals surface area (Å²) in [5, 5.41) is 24.4. The van der Waals surface area contributed by atoms with E-state index in [9.17, 15) is 0 Å². The van der Waals surface area contributed by atoms with Gasteiger partial charge in [0.15, 0.2) is 5.82 Å². The molecule has 0 aliphatic carbocycles. The first-order chi connectivity index (χ1) is 9.29. The molecular weight excluding hydrogens is 246 g/mol. The zero-order valence-corrected chi connectivity index (χ0v) is 10.3. The maximum atomic E-state index is 8.86. The molecule has 8 heteroatoms. The molecule has 0 spiro atoms. The number of aromatic amines is 1. The third kappa shape index (κ3) is 2.02. The normalized spacial score (nSPS) is 11.1. The van der Waals surface area contributed by atoms with Gasteiger partial charge < -0.3 is 15.4 Å². The summed E-state index contributed by atoms with van der Waals surface area (Å²) in [7, 11) is 1.79. The van der Waals surface area contributed by atoms with Crippen molar-refractivity contribution in [2.45, 2.75) is 0 Å². The lowest BCUT2D eigenvalue weighted by atomic mass is 10.1. The fourth-order valence-electron chi connectivity index (χ4n) is 1.95. The molecule has 0 unspecified atom stereocenters. The fraction of sp³-hybridized carbons (Fsp3) is 0.273. The Morgan fingerprint density at radius 1 is 1.47 bits per heavy atom. The monoisotopic (exact) mass is 259 g/mol. The van der Waals surface area contributed by atoms with Crippen LogP contribution in [0.25, 0.3) is 22.4 Å². The third-order valence-corrected chi connectivity index (χ3v) is 2.81. The van der Waals surface area contributed by atoms with Crippen molar-refractivity contribution >= 4 is 16.9 Å². The van der Waals surface area contributed by atoms with Gasteiger partial charge in [0.25, 0.3) is 0 Å². The molecule has 0 aliphatic heterocycles. The van der Waals surface area contributed by atoms with Crippen molar-refractivity contribution in [1.29, 1.82) is 0 Å². The van der Waals surface area contributed by atoms with Crippen molar-refractivity contribution in [2.24, 2.45) is 7.05 Å². The van der Waals surface area contributed by atoms with Gasteiger partial charge >= 0.3 is 0 Å². The topological polar surface area (TPSA) is 105 Å². The largest absolute Gasteiger partial charge is 0.395 e. The Morgan fingerprint density at radius 2 is 2.37 bits per heavy atom. The molecule has 98 valence electrons. The molecule has 3 aromatic heterocycles. The number of fused-ring (bicyclic) bond motifs is 1. The van der Waals surface area contributed by atoms with Gasteiger partial charge in [-0.1, -0.05) is 0 Å². The van der Waals surface area contributed by atoms with Gasteiger partial charge in [-0.2, -0.15) is 0 Å². The number of aryl methyl sites for hydroxylation is 1. The summed E-state index contributed by atoms with van der Waals surface area (Å²) in [4.78, 5) is 7.48. The van der Waals surface area contributed by atoms with E-state index in [1.807, 2.05) is 18.3 Å². The van der Waals surface area contributed by atoms with Crippen molar-refractivity contribution in [3.8, 4) is 11.4 Å². The van der Waals surface area contributed by atoms with Crippen LogP contribution < -0.4 is 5.32 Å². The Bertz CT molecular complexity index is 702. The van der Waals surface area contributed by atoms with Gasteiger partial charge in [0.2, 0.25) is 0 Å². The second kappa shape index (κ2) is 4.65. The van der Waals surface area contributed by atoms with E-state index in [-0.39, 0.29) is 6.61 Å². The Labute approximate surface area is 108 Å². The summed E-state index contributed by atoms with van der Waals surface area (Å²) in [5.74, 6) is 1.33. The average molecular weight is 259 g/mol. The van der Waals surface area contributed by atoms with Crippen LogP contribution in [-0.2, 0) is 7.05 Å². The number of rotatable bonds is 4. The molecule has 0 aromatic carbocycles. The van der Waals surface area contributed by atoms with Crippen LogP contribution >= 0.6 is 0 Å². The number of tetrazole rings is 1. The number of aromatic nitrogens is 6. The standard InChI is InChI=1S/C11H13N7O/c1-18-11(15-16-17-18)8-6-9(12-4-5-19)14-10-7(8)2-3-13-10/h2-3,6,19H,4-5H2,1H3,(H2,12,13,14). The summed E-state index contributed by atoms with van der Waals surface area (Å²) in [5.41, 5.74) is 1.64. The molecule has 0 atom stereocenters. The van der Waals surface area contributed by atoms with Crippen LogP contribution in [0.2, 0.25) is 0 Å². The predicted octanol–water partition coefficient (Wildman–Crippen LogP) is 0.158. The van der Waals surface area contributed by atoms with Gasteiger partial charge in [0.1, 0.15) is 11.5 Å². The number of pyridine rings is 1. The lowest BCUT2D eigenvalue weighted by Gasteiger charge is -2.07. The van der Waals surface area contributed by atoms with Crippen LogP contribution in [0.4, 0.5) is 5.82 Å². The van der Waals surface area contributed by atoms with Gasteiger partial charge in [-0.25, -0.2) is 9.67 Å². The van der Waals surface area contributed by atoms with E-state index in [1.165, 1.54) is 0 Å². The summed E-state index contributed by atoms with van der Waals surface area (Å²) in [6.07, 6.45) is 1.82. The van der Waals surface area contributed by atoms with Crippen molar-refractivity contribution in [1.82, 2.24) is 30.2 Å². The first kappa shape index (κ1) is 11.6. The van der Waals surface area contributed by atoms with Crippen molar-refractivity contribution < 1.29 is 5.11 Å². The van der Waals surface area contributed by atoms with Crippen LogP contribution in [-0.4, -0.2) is 48.4 Å². The minimum Gasteiger partial charge on any atom is -0.395 e. The van der Waals surface area contributed by atoms with Crippen molar-refractivity contribution in [2.75, 3.05) is 18.5 Å². The van der Waals surface area contributed by atoms with Gasteiger partial charge in [-0.3, -0.25) is 0 Å². The number of hydrogen-bond acceptors (Lipinski definition) is 6. The van der Waals surface area contributed by atoms with E-state index in [0.717, 1.165) is 16.6 Å². The van der Waals surface area contributed by atoms with Crippen LogP contribution in [0, 0.1) is 0 Å². The Kier molecular flexibility index (Phi) is 2.84. The number of aliphatic hydroxyl groups is 1.